The zero-order valence-corrected chi connectivity index (χ0v) is 82.4. The highest BCUT2D eigenvalue weighted by atomic mass is 32.1. The lowest BCUT2D eigenvalue weighted by Gasteiger charge is -2.20. The molecule has 27 aromatic carbocycles. The van der Waals surface area contributed by atoms with Crippen LogP contribution < -0.4 is 0 Å². The van der Waals surface area contributed by atoms with E-state index in [9.17, 15) is 0 Å². The Morgan fingerprint density at radius 1 is 0.114 bits per heavy atom. The SMILES string of the molecule is c1ccc(-c2c3ccccc3c(-c3ccccc3)c3cc(-c4ccc5c(c4)c4ccccc4n5-c4ccccc4)ccc23)cc1.c1ccc(-c2ccc(-c3ccc(-c4ccc5c(-c6ccc7ccccc7c6)c6ccccc6c(-c6ccc7ccccc7c6)c5c4)cc3)s2)cc1.c1ccc(-n2c3ccccc3c3cc(-c4ccc5c(-c6cccc7ccccc67)c6ccccc6c(-c6cccc7ccccc67)c5c4)ccc32)cc1. The molecule has 0 amide bonds. The van der Waals surface area contributed by atoms with Gasteiger partial charge in [-0.05, 0) is 322 Å². The number of nitrogens with zero attached hydrogens (tertiary/aromatic N) is 2. The highest BCUT2D eigenvalue weighted by Gasteiger charge is 2.26. The van der Waals surface area contributed by atoms with Crippen LogP contribution in [0.2, 0.25) is 0 Å². The fraction of sp³-hybridized carbons (Fsp3) is 0. The van der Waals surface area contributed by atoms with Crippen LogP contribution in [0.1, 0.15) is 0 Å². The summed E-state index contributed by atoms with van der Waals surface area (Å²) in [6.07, 6.45) is 0. The average Bonchev–Trinajstić information content (AvgIpc) is 1.49. The molecule has 0 aliphatic rings. The summed E-state index contributed by atoms with van der Waals surface area (Å²) in [4.78, 5) is 2.57. The van der Waals surface area contributed by atoms with Crippen molar-refractivity contribution < 1.29 is 0 Å². The van der Waals surface area contributed by atoms with Crippen molar-refractivity contribution in [2.45, 2.75) is 0 Å². The van der Waals surface area contributed by atoms with Gasteiger partial charge >= 0.3 is 0 Å². The third-order valence-corrected chi connectivity index (χ3v) is 31.8. The van der Waals surface area contributed by atoms with Gasteiger partial charge in [0.05, 0.1) is 22.1 Å². The molecule has 149 heavy (non-hydrogen) atoms. The number of para-hydroxylation sites is 4. The Hall–Kier alpha value is -19.2. The van der Waals surface area contributed by atoms with Crippen molar-refractivity contribution in [2.24, 2.45) is 0 Å². The quantitative estimate of drug-likeness (QED) is 0.102. The molecule has 30 rings (SSSR count). The summed E-state index contributed by atoms with van der Waals surface area (Å²) in [6, 6.07) is 209. The van der Waals surface area contributed by atoms with E-state index in [2.05, 4.69) is 579 Å². The number of aromatic nitrogens is 2. The molecule has 3 heterocycles. The van der Waals surface area contributed by atoms with Gasteiger partial charge in [0.15, 0.2) is 0 Å². The molecule has 0 atom stereocenters. The lowest BCUT2D eigenvalue weighted by atomic mass is 9.83. The van der Waals surface area contributed by atoms with Crippen molar-refractivity contribution in [1.29, 1.82) is 0 Å². The molecule has 0 aliphatic carbocycles. The number of fused-ring (bicyclic) bond motifs is 16. The first-order valence-electron chi connectivity index (χ1n) is 51.4. The van der Waals surface area contributed by atoms with Crippen LogP contribution in [0.5, 0.6) is 0 Å². The van der Waals surface area contributed by atoms with Crippen molar-refractivity contribution in [3.8, 4) is 132 Å². The summed E-state index contributed by atoms with van der Waals surface area (Å²) in [5.74, 6) is 0. The van der Waals surface area contributed by atoms with E-state index in [0.29, 0.717) is 0 Å². The predicted octanol–water partition coefficient (Wildman–Crippen LogP) is 41.2. The fourth-order valence-electron chi connectivity index (χ4n) is 23.8. The fourth-order valence-corrected chi connectivity index (χ4v) is 24.8. The molecule has 0 bridgehead atoms. The summed E-state index contributed by atoms with van der Waals surface area (Å²) in [5.41, 5.74) is 32.1. The van der Waals surface area contributed by atoms with Gasteiger partial charge in [-0.15, -0.1) is 11.3 Å². The first-order valence-corrected chi connectivity index (χ1v) is 52.2. The van der Waals surface area contributed by atoms with Gasteiger partial charge in [-0.25, -0.2) is 0 Å². The van der Waals surface area contributed by atoms with Crippen molar-refractivity contribution in [1.82, 2.24) is 9.13 Å². The highest BCUT2D eigenvalue weighted by molar-refractivity contribution is 7.18. The van der Waals surface area contributed by atoms with Crippen LogP contribution in [0.3, 0.4) is 0 Å². The first kappa shape index (κ1) is 87.6. The van der Waals surface area contributed by atoms with Gasteiger partial charge in [0.2, 0.25) is 0 Å². The van der Waals surface area contributed by atoms with E-state index in [1.165, 1.54) is 284 Å². The molecule has 0 saturated heterocycles. The molecular formula is C146H94N2S. The summed E-state index contributed by atoms with van der Waals surface area (Å²) in [6.45, 7) is 0. The third-order valence-electron chi connectivity index (χ3n) is 30.6. The standard InChI is InChI=1S/C52H33N.C50H32S.C44H29N/c1-2-18-38(19-3-1)53-49-27-11-10-22-41(49)47-32-37(29-31-50(47)53)36-28-30-46-48(33-36)52(43-26-13-17-35-15-5-7-21-40(35)43)45-24-9-8-23-44(45)51(46)42-25-12-16-34-14-4-6-20-39(34)42;1-2-12-36(13-3-1)47-28-29-48(51-47)37-22-18-35(19-23-37)40-26-27-45-46(32-40)50(42-25-21-34-11-5-7-15-39(34)31-42)44-17-9-8-16-43(44)49(45)41-24-20-33-10-4-6-14-38(33)30-41;1-4-14-30(15-5-1)43-36-21-10-11-22-37(36)44(31-16-6-2-7-17-31)40-29-32(24-26-38(40)43)33-25-27-42-39(28-33)35-20-12-13-23-41(35)45(42)34-18-8-3-9-19-34/h1-33H;1-32H;1-29H. The van der Waals surface area contributed by atoms with Gasteiger partial charge in [-0.3, -0.25) is 0 Å². The molecule has 3 aromatic heterocycles. The van der Waals surface area contributed by atoms with Gasteiger partial charge in [0.25, 0.3) is 0 Å². The maximum Gasteiger partial charge on any atom is 0.0541 e. The zero-order chi connectivity index (χ0) is 98.4. The average molecular weight is 1910 g/mol. The molecule has 0 aliphatic heterocycles. The second-order valence-corrected chi connectivity index (χ2v) is 40.1. The third kappa shape index (κ3) is 15.5. The van der Waals surface area contributed by atoms with E-state index in [1.807, 2.05) is 11.3 Å². The summed E-state index contributed by atoms with van der Waals surface area (Å²) >= 11 is 1.84. The van der Waals surface area contributed by atoms with E-state index in [1.54, 1.807) is 0 Å². The Morgan fingerprint density at radius 3 is 0.785 bits per heavy atom. The first-order chi connectivity index (χ1) is 73.9. The minimum Gasteiger partial charge on any atom is -0.309 e. The van der Waals surface area contributed by atoms with Crippen LogP contribution in [0, 0.1) is 0 Å². The monoisotopic (exact) mass is 1910 g/mol. The van der Waals surface area contributed by atoms with Crippen molar-refractivity contribution >= 4 is 163 Å². The van der Waals surface area contributed by atoms with Gasteiger partial charge < -0.3 is 9.13 Å². The molecule has 0 N–H and O–H groups in total. The second-order valence-electron chi connectivity index (χ2n) is 39.0. The van der Waals surface area contributed by atoms with Crippen LogP contribution in [0.15, 0.2) is 570 Å². The Morgan fingerprint density at radius 2 is 0.362 bits per heavy atom. The largest absolute Gasteiger partial charge is 0.309 e. The maximum atomic E-state index is 2.45. The van der Waals surface area contributed by atoms with Gasteiger partial charge in [-0.2, -0.15) is 0 Å². The lowest BCUT2D eigenvalue weighted by molar-refractivity contribution is 1.18. The molecule has 0 fully saturated rings. The predicted molar refractivity (Wildman–Crippen MR) is 641 cm³/mol. The molecule has 694 valence electrons. The van der Waals surface area contributed by atoms with E-state index in [-0.39, 0.29) is 0 Å². The number of benzene rings is 27. The summed E-state index contributed by atoms with van der Waals surface area (Å²) in [7, 11) is 0. The summed E-state index contributed by atoms with van der Waals surface area (Å²) in [5, 5.41) is 30.3. The van der Waals surface area contributed by atoms with Crippen LogP contribution in [0.25, 0.3) is 284 Å². The van der Waals surface area contributed by atoms with Crippen LogP contribution in [0.4, 0.5) is 0 Å². The Kier molecular flexibility index (Phi) is 21.9. The molecule has 30 aromatic rings. The highest BCUT2D eigenvalue weighted by Crippen LogP contribution is 2.53. The maximum absolute atomic E-state index is 2.45. The minimum atomic E-state index is 1.17. The summed E-state index contributed by atoms with van der Waals surface area (Å²) < 4.78 is 4.76. The van der Waals surface area contributed by atoms with Crippen LogP contribution in [-0.2, 0) is 0 Å². The van der Waals surface area contributed by atoms with Crippen molar-refractivity contribution in [2.75, 3.05) is 0 Å². The van der Waals surface area contributed by atoms with E-state index >= 15 is 0 Å². The van der Waals surface area contributed by atoms with Crippen molar-refractivity contribution in [3.05, 3.63) is 570 Å². The Bertz CT molecular complexity index is 10500. The number of hydrogen-bond donors (Lipinski definition) is 0. The minimum absolute atomic E-state index is 1.17. The molecule has 0 unspecified atom stereocenters. The topological polar surface area (TPSA) is 9.86 Å². The van der Waals surface area contributed by atoms with E-state index in [4.69, 9.17) is 0 Å². The molecule has 0 saturated carbocycles. The van der Waals surface area contributed by atoms with Crippen LogP contribution >= 0.6 is 11.3 Å². The number of hydrogen-bond acceptors (Lipinski definition) is 1. The number of rotatable bonds is 13. The van der Waals surface area contributed by atoms with E-state index < -0.39 is 0 Å². The molecular weight excluding hydrogens is 1810 g/mol. The van der Waals surface area contributed by atoms with Gasteiger partial charge in [-0.1, -0.05) is 467 Å². The lowest BCUT2D eigenvalue weighted by Crippen LogP contribution is -1.93. The molecule has 3 heteroatoms. The van der Waals surface area contributed by atoms with Gasteiger partial charge in [0, 0.05) is 42.7 Å². The molecule has 0 radical (unpaired) electrons. The second kappa shape index (κ2) is 37.2. The molecule has 0 spiro atoms. The normalized spacial score (nSPS) is 11.6. The smallest absolute Gasteiger partial charge is 0.0541 e. The Balaban J connectivity index is 0.000000108. The van der Waals surface area contributed by atoms with E-state index in [0.717, 1.165) is 0 Å². The number of thiophene rings is 1. The Labute approximate surface area is 867 Å². The zero-order valence-electron chi connectivity index (χ0n) is 81.6. The van der Waals surface area contributed by atoms with Crippen LogP contribution in [-0.4, -0.2) is 9.13 Å². The van der Waals surface area contributed by atoms with Gasteiger partial charge in [0.1, 0.15) is 0 Å². The molecule has 2 nitrogen and oxygen atoms in total. The van der Waals surface area contributed by atoms with Crippen molar-refractivity contribution in [3.63, 3.8) is 0 Å².